The third kappa shape index (κ3) is 2.52. The summed E-state index contributed by atoms with van der Waals surface area (Å²) in [5.74, 6) is 0.559. The van der Waals surface area contributed by atoms with Gasteiger partial charge in [0.05, 0.1) is 5.69 Å². The summed E-state index contributed by atoms with van der Waals surface area (Å²) >= 11 is 0. The minimum absolute atomic E-state index is 0.207. The van der Waals surface area contributed by atoms with E-state index in [4.69, 9.17) is 0 Å². The molecule has 0 aliphatic carbocycles. The van der Waals surface area contributed by atoms with Crippen LogP contribution in [0.2, 0.25) is 0 Å². The van der Waals surface area contributed by atoms with E-state index in [1.165, 1.54) is 0 Å². The molecule has 1 aromatic rings. The van der Waals surface area contributed by atoms with Crippen molar-refractivity contribution in [3.8, 4) is 0 Å². The average Bonchev–Trinajstić information content (AvgIpc) is 2.47. The highest BCUT2D eigenvalue weighted by atomic mass is 16.1. The van der Waals surface area contributed by atoms with E-state index >= 15 is 0 Å². The van der Waals surface area contributed by atoms with E-state index < -0.39 is 0 Å². The fourth-order valence-corrected chi connectivity index (χ4v) is 2.14. The highest BCUT2D eigenvalue weighted by molar-refractivity contribution is 5.83. The maximum absolute atomic E-state index is 12.1. The Kier molecular flexibility index (Phi) is 4.27. The van der Waals surface area contributed by atoms with Crippen molar-refractivity contribution in [3.63, 3.8) is 0 Å². The second-order valence-corrected chi connectivity index (χ2v) is 4.43. The van der Waals surface area contributed by atoms with E-state index in [0.29, 0.717) is 12.2 Å². The van der Waals surface area contributed by atoms with Crippen LogP contribution in [-0.2, 0) is 18.3 Å². The van der Waals surface area contributed by atoms with Crippen molar-refractivity contribution in [2.24, 2.45) is 13.0 Å². The van der Waals surface area contributed by atoms with Gasteiger partial charge in [-0.05, 0) is 26.7 Å². The number of ketones is 1. The Bertz CT molecular complexity index is 376. The molecule has 0 spiro atoms. The van der Waals surface area contributed by atoms with Crippen LogP contribution < -0.4 is 0 Å². The fraction of sp³-hybridized carbons (Fsp3) is 0.692. The molecule has 0 saturated heterocycles. The van der Waals surface area contributed by atoms with Crippen LogP contribution in [0.3, 0.4) is 0 Å². The first-order valence-electron chi connectivity index (χ1n) is 6.03. The lowest BCUT2D eigenvalue weighted by Crippen LogP contribution is -2.16. The van der Waals surface area contributed by atoms with Gasteiger partial charge in [0.1, 0.15) is 5.78 Å². The van der Waals surface area contributed by atoms with Gasteiger partial charge in [-0.3, -0.25) is 9.48 Å². The van der Waals surface area contributed by atoms with E-state index in [1.54, 1.807) is 0 Å². The van der Waals surface area contributed by atoms with Crippen molar-refractivity contribution in [3.05, 3.63) is 17.0 Å². The second-order valence-electron chi connectivity index (χ2n) is 4.43. The number of rotatable bonds is 5. The molecule has 0 bridgehead atoms. The van der Waals surface area contributed by atoms with E-state index in [9.17, 15) is 4.79 Å². The summed E-state index contributed by atoms with van der Waals surface area (Å²) in [6.07, 6.45) is 2.42. The van der Waals surface area contributed by atoms with Gasteiger partial charge in [0, 0.05) is 30.6 Å². The lowest BCUT2D eigenvalue weighted by atomic mass is 9.93. The van der Waals surface area contributed by atoms with Gasteiger partial charge in [0.15, 0.2) is 0 Å². The van der Waals surface area contributed by atoms with Crippen molar-refractivity contribution in [1.29, 1.82) is 0 Å². The van der Waals surface area contributed by atoms with Crippen molar-refractivity contribution in [2.75, 3.05) is 0 Å². The topological polar surface area (TPSA) is 34.9 Å². The molecular formula is C13H22N2O. The highest BCUT2D eigenvalue weighted by Crippen LogP contribution is 2.17. The quantitative estimate of drug-likeness (QED) is 0.767. The number of Topliss-reactive ketones (excluding diaryl/α,β-unsaturated/α-hetero) is 1. The van der Waals surface area contributed by atoms with Gasteiger partial charge in [0.2, 0.25) is 0 Å². The van der Waals surface area contributed by atoms with Crippen molar-refractivity contribution >= 4 is 5.78 Å². The number of carbonyl (C=O) groups excluding carboxylic acids is 1. The minimum atomic E-state index is 0.207. The molecule has 1 aromatic heterocycles. The summed E-state index contributed by atoms with van der Waals surface area (Å²) in [4.78, 5) is 12.1. The monoisotopic (exact) mass is 222 g/mol. The van der Waals surface area contributed by atoms with E-state index in [1.807, 2.05) is 25.6 Å². The van der Waals surface area contributed by atoms with E-state index in [-0.39, 0.29) is 5.92 Å². The van der Waals surface area contributed by atoms with Gasteiger partial charge in [-0.15, -0.1) is 0 Å². The standard InChI is InChI=1S/C13H22N2O/c1-6-11(7-2)13(16)8-12-9(3)14-15(5)10(12)4/h11H,6-8H2,1-5H3. The molecule has 0 saturated carbocycles. The molecular weight excluding hydrogens is 200 g/mol. The molecule has 3 heteroatoms. The molecule has 0 atom stereocenters. The molecule has 90 valence electrons. The van der Waals surface area contributed by atoms with Crippen LogP contribution in [0.5, 0.6) is 0 Å². The first-order valence-corrected chi connectivity index (χ1v) is 6.03. The number of aromatic nitrogens is 2. The highest BCUT2D eigenvalue weighted by Gasteiger charge is 2.18. The molecule has 1 rings (SSSR count). The third-order valence-corrected chi connectivity index (χ3v) is 3.45. The van der Waals surface area contributed by atoms with E-state index in [2.05, 4.69) is 18.9 Å². The Balaban J connectivity index is 2.84. The molecule has 3 nitrogen and oxygen atoms in total. The molecule has 0 amide bonds. The molecule has 0 N–H and O–H groups in total. The van der Waals surface area contributed by atoms with Gasteiger partial charge >= 0.3 is 0 Å². The Labute approximate surface area is 97.8 Å². The van der Waals surface area contributed by atoms with Crippen molar-refractivity contribution in [1.82, 2.24) is 9.78 Å². The number of hydrogen-bond acceptors (Lipinski definition) is 2. The van der Waals surface area contributed by atoms with Gasteiger partial charge in [-0.25, -0.2) is 0 Å². The average molecular weight is 222 g/mol. The normalized spacial score (nSPS) is 11.1. The van der Waals surface area contributed by atoms with Crippen LogP contribution in [0.15, 0.2) is 0 Å². The Morgan fingerprint density at radius 1 is 1.31 bits per heavy atom. The van der Waals surface area contributed by atoms with Crippen LogP contribution in [0.25, 0.3) is 0 Å². The third-order valence-electron chi connectivity index (χ3n) is 3.45. The zero-order valence-electron chi connectivity index (χ0n) is 11.0. The lowest BCUT2D eigenvalue weighted by molar-refractivity contribution is -0.122. The zero-order valence-corrected chi connectivity index (χ0v) is 11.0. The van der Waals surface area contributed by atoms with Crippen molar-refractivity contribution < 1.29 is 4.79 Å². The molecule has 0 fully saturated rings. The fourth-order valence-electron chi connectivity index (χ4n) is 2.14. The lowest BCUT2D eigenvalue weighted by Gasteiger charge is -2.10. The minimum Gasteiger partial charge on any atom is -0.299 e. The Morgan fingerprint density at radius 3 is 2.25 bits per heavy atom. The van der Waals surface area contributed by atoms with Crippen molar-refractivity contribution in [2.45, 2.75) is 47.0 Å². The van der Waals surface area contributed by atoms with Crippen LogP contribution in [0.4, 0.5) is 0 Å². The number of carbonyl (C=O) groups is 1. The summed E-state index contributed by atoms with van der Waals surface area (Å²) in [6.45, 7) is 8.15. The molecule has 0 unspecified atom stereocenters. The molecule has 1 heterocycles. The van der Waals surface area contributed by atoms with Gasteiger partial charge < -0.3 is 0 Å². The second kappa shape index (κ2) is 5.28. The number of aryl methyl sites for hydroxylation is 2. The SMILES string of the molecule is CCC(CC)C(=O)Cc1c(C)nn(C)c1C. The van der Waals surface area contributed by atoms with Gasteiger partial charge in [-0.2, -0.15) is 5.10 Å². The maximum atomic E-state index is 12.1. The number of nitrogens with zero attached hydrogens (tertiary/aromatic N) is 2. The Hall–Kier alpha value is -1.12. The van der Waals surface area contributed by atoms with Crippen LogP contribution in [0.1, 0.15) is 43.6 Å². The smallest absolute Gasteiger partial charge is 0.140 e. The zero-order chi connectivity index (χ0) is 12.3. The molecule has 0 radical (unpaired) electrons. The Morgan fingerprint density at radius 2 is 1.88 bits per heavy atom. The first kappa shape index (κ1) is 12.9. The summed E-state index contributed by atoms with van der Waals surface area (Å²) in [5.41, 5.74) is 3.20. The molecule has 0 aliphatic rings. The molecule has 0 aromatic carbocycles. The van der Waals surface area contributed by atoms with Crippen LogP contribution in [0, 0.1) is 19.8 Å². The van der Waals surface area contributed by atoms with Gasteiger partial charge in [0.25, 0.3) is 0 Å². The predicted octanol–water partition coefficient (Wildman–Crippen LogP) is 2.58. The van der Waals surface area contributed by atoms with E-state index in [0.717, 1.165) is 29.8 Å². The summed E-state index contributed by atoms with van der Waals surface area (Å²) < 4.78 is 1.85. The summed E-state index contributed by atoms with van der Waals surface area (Å²) in [7, 11) is 1.92. The maximum Gasteiger partial charge on any atom is 0.140 e. The van der Waals surface area contributed by atoms with Gasteiger partial charge in [-0.1, -0.05) is 13.8 Å². The van der Waals surface area contributed by atoms with Crippen LogP contribution >= 0.6 is 0 Å². The largest absolute Gasteiger partial charge is 0.299 e. The first-order chi connectivity index (χ1) is 7.51. The van der Waals surface area contributed by atoms with Crippen LogP contribution in [-0.4, -0.2) is 15.6 Å². The predicted molar refractivity (Wildman–Crippen MR) is 65.5 cm³/mol. The number of hydrogen-bond donors (Lipinski definition) is 0. The molecule has 16 heavy (non-hydrogen) atoms. The summed E-state index contributed by atoms with van der Waals surface area (Å²) in [5, 5.41) is 4.34. The summed E-state index contributed by atoms with van der Waals surface area (Å²) in [6, 6.07) is 0. The molecule has 0 aliphatic heterocycles.